The van der Waals surface area contributed by atoms with Gasteiger partial charge in [0.25, 0.3) is 0 Å². The summed E-state index contributed by atoms with van der Waals surface area (Å²) in [5.41, 5.74) is 0.701. The van der Waals surface area contributed by atoms with Gasteiger partial charge in [-0.15, -0.1) is 0 Å². The van der Waals surface area contributed by atoms with Crippen LogP contribution < -0.4 is 5.32 Å². The van der Waals surface area contributed by atoms with E-state index in [1.807, 2.05) is 13.8 Å². The third kappa shape index (κ3) is 6.97. The first-order chi connectivity index (χ1) is 13.7. The van der Waals surface area contributed by atoms with E-state index >= 15 is 0 Å². The highest BCUT2D eigenvalue weighted by molar-refractivity contribution is 5.04. The molecule has 4 aliphatic rings. The molecule has 4 heterocycles. The zero-order valence-electron chi connectivity index (χ0n) is 19.8. The van der Waals surface area contributed by atoms with Crippen LogP contribution >= 0.6 is 0 Å². The molecule has 4 heteroatoms. The molecule has 4 fully saturated rings. The predicted molar refractivity (Wildman–Crippen MR) is 123 cm³/mol. The summed E-state index contributed by atoms with van der Waals surface area (Å²) in [4.78, 5) is 8.14. The Labute approximate surface area is 176 Å². The SMILES string of the molecule is CC.CCC.CCN1CCC[C@H](CN2CCC(CN3CC4(CNC4)C3)CC2)C1. The van der Waals surface area contributed by atoms with Crippen LogP contribution in [-0.2, 0) is 0 Å². The third-order valence-corrected chi connectivity index (χ3v) is 6.91. The molecule has 0 amide bonds. The third-order valence-electron chi connectivity index (χ3n) is 6.91. The molecular weight excluding hydrogens is 344 g/mol. The lowest BCUT2D eigenvalue weighted by atomic mass is 9.74. The second-order valence-electron chi connectivity index (χ2n) is 9.63. The van der Waals surface area contributed by atoms with E-state index in [9.17, 15) is 0 Å². The van der Waals surface area contributed by atoms with Gasteiger partial charge in [0.05, 0.1) is 0 Å². The number of piperidine rings is 2. The summed E-state index contributed by atoms with van der Waals surface area (Å²) in [5, 5.41) is 3.44. The highest BCUT2D eigenvalue weighted by Crippen LogP contribution is 2.35. The summed E-state index contributed by atoms with van der Waals surface area (Å²) in [6.45, 7) is 25.2. The minimum absolute atomic E-state index is 0.701. The van der Waals surface area contributed by atoms with Crippen molar-refractivity contribution in [1.82, 2.24) is 20.0 Å². The standard InChI is InChI=1S/C19H36N4.C3H8.C2H6/c1-2-21-7-3-4-18(11-21)12-22-8-5-17(6-9-22)10-23-15-19(16-23)13-20-14-19;1-3-2;1-2/h17-18,20H,2-16H2,1H3;3H2,1-2H3;1-2H3/t18-;;/m0../s1. The number of nitrogens with zero attached hydrogens (tertiary/aromatic N) is 3. The Morgan fingerprint density at radius 3 is 1.93 bits per heavy atom. The maximum atomic E-state index is 3.44. The maximum Gasteiger partial charge on any atom is 0.0207 e. The summed E-state index contributed by atoms with van der Waals surface area (Å²) in [6.07, 6.45) is 7.00. The molecule has 1 atom stereocenters. The fraction of sp³-hybridized carbons (Fsp3) is 1.00. The van der Waals surface area contributed by atoms with Crippen molar-refractivity contribution in [3.05, 3.63) is 0 Å². The van der Waals surface area contributed by atoms with Crippen molar-refractivity contribution in [3.8, 4) is 0 Å². The van der Waals surface area contributed by atoms with Crippen molar-refractivity contribution < 1.29 is 0 Å². The average molecular weight is 395 g/mol. The van der Waals surface area contributed by atoms with E-state index in [-0.39, 0.29) is 0 Å². The molecule has 0 aromatic carbocycles. The van der Waals surface area contributed by atoms with Gasteiger partial charge in [-0.25, -0.2) is 0 Å². The first-order valence-electron chi connectivity index (χ1n) is 12.5. The number of hydrogen-bond donors (Lipinski definition) is 1. The molecule has 166 valence electrons. The quantitative estimate of drug-likeness (QED) is 0.766. The molecule has 0 aliphatic carbocycles. The second-order valence-corrected chi connectivity index (χ2v) is 9.63. The molecule has 0 radical (unpaired) electrons. The van der Waals surface area contributed by atoms with E-state index in [1.54, 1.807) is 0 Å². The van der Waals surface area contributed by atoms with Gasteiger partial charge in [-0.1, -0.05) is 41.0 Å². The van der Waals surface area contributed by atoms with Crippen molar-refractivity contribution in [2.24, 2.45) is 17.3 Å². The Morgan fingerprint density at radius 2 is 1.39 bits per heavy atom. The van der Waals surface area contributed by atoms with Crippen LogP contribution in [0.1, 0.15) is 66.7 Å². The normalized spacial score (nSPS) is 28.4. The van der Waals surface area contributed by atoms with Crippen molar-refractivity contribution in [3.63, 3.8) is 0 Å². The minimum Gasteiger partial charge on any atom is -0.315 e. The monoisotopic (exact) mass is 394 g/mol. The lowest BCUT2D eigenvalue weighted by molar-refractivity contribution is -0.0515. The van der Waals surface area contributed by atoms with Crippen LogP contribution in [0.5, 0.6) is 0 Å². The maximum absolute atomic E-state index is 3.44. The Kier molecular flexibility index (Phi) is 10.8. The van der Waals surface area contributed by atoms with Gasteiger partial charge in [0.15, 0.2) is 0 Å². The van der Waals surface area contributed by atoms with E-state index in [0.717, 1.165) is 11.8 Å². The molecule has 0 saturated carbocycles. The molecule has 0 bridgehead atoms. The van der Waals surface area contributed by atoms with Gasteiger partial charge in [0.2, 0.25) is 0 Å². The minimum atomic E-state index is 0.701. The van der Waals surface area contributed by atoms with E-state index < -0.39 is 0 Å². The van der Waals surface area contributed by atoms with Crippen LogP contribution in [0, 0.1) is 17.3 Å². The van der Waals surface area contributed by atoms with E-state index in [0.29, 0.717) is 5.41 Å². The van der Waals surface area contributed by atoms with Gasteiger partial charge < -0.3 is 20.0 Å². The van der Waals surface area contributed by atoms with Crippen LogP contribution in [0.2, 0.25) is 0 Å². The number of nitrogens with one attached hydrogen (secondary N) is 1. The van der Waals surface area contributed by atoms with Crippen LogP contribution in [0.3, 0.4) is 0 Å². The number of likely N-dealkylation sites (tertiary alicyclic amines) is 3. The van der Waals surface area contributed by atoms with Gasteiger partial charge in [-0.05, 0) is 63.7 Å². The zero-order chi connectivity index (χ0) is 20.4. The Balaban J connectivity index is 0.000000514. The second kappa shape index (κ2) is 12.5. The summed E-state index contributed by atoms with van der Waals surface area (Å²) >= 11 is 0. The summed E-state index contributed by atoms with van der Waals surface area (Å²) < 4.78 is 0. The van der Waals surface area contributed by atoms with Crippen LogP contribution in [0.4, 0.5) is 0 Å². The van der Waals surface area contributed by atoms with Crippen molar-refractivity contribution in [1.29, 1.82) is 0 Å². The van der Waals surface area contributed by atoms with Gasteiger partial charge in [-0.2, -0.15) is 0 Å². The van der Waals surface area contributed by atoms with E-state index in [1.165, 1.54) is 104 Å². The molecule has 4 aliphatic heterocycles. The van der Waals surface area contributed by atoms with Gasteiger partial charge in [0, 0.05) is 51.2 Å². The largest absolute Gasteiger partial charge is 0.315 e. The lowest BCUT2D eigenvalue weighted by Gasteiger charge is -2.57. The average Bonchev–Trinajstić information content (AvgIpc) is 2.66. The number of rotatable bonds is 5. The van der Waals surface area contributed by atoms with Crippen molar-refractivity contribution in [2.75, 3.05) is 72.0 Å². The first-order valence-corrected chi connectivity index (χ1v) is 12.5. The summed E-state index contributed by atoms with van der Waals surface area (Å²) in [7, 11) is 0. The molecular formula is C24H50N4. The molecule has 0 aromatic heterocycles. The smallest absolute Gasteiger partial charge is 0.0207 e. The fourth-order valence-electron chi connectivity index (χ4n) is 5.40. The molecule has 28 heavy (non-hydrogen) atoms. The molecule has 4 saturated heterocycles. The Bertz CT molecular complexity index is 393. The molecule has 4 rings (SSSR count). The molecule has 1 spiro atoms. The predicted octanol–water partition coefficient (Wildman–Crippen LogP) is 3.78. The topological polar surface area (TPSA) is 21.8 Å². The van der Waals surface area contributed by atoms with Crippen molar-refractivity contribution in [2.45, 2.75) is 66.7 Å². The Morgan fingerprint density at radius 1 is 0.786 bits per heavy atom. The van der Waals surface area contributed by atoms with Gasteiger partial charge in [-0.3, -0.25) is 0 Å². The van der Waals surface area contributed by atoms with Gasteiger partial charge in [0.1, 0.15) is 0 Å². The first kappa shape index (κ1) is 24.1. The molecule has 0 aromatic rings. The molecule has 4 nitrogen and oxygen atoms in total. The molecule has 1 N–H and O–H groups in total. The van der Waals surface area contributed by atoms with Crippen LogP contribution in [-0.4, -0.2) is 86.7 Å². The van der Waals surface area contributed by atoms with E-state index in [2.05, 4.69) is 40.8 Å². The zero-order valence-corrected chi connectivity index (χ0v) is 19.8. The summed E-state index contributed by atoms with van der Waals surface area (Å²) in [5.74, 6) is 1.90. The van der Waals surface area contributed by atoms with E-state index in [4.69, 9.17) is 0 Å². The summed E-state index contributed by atoms with van der Waals surface area (Å²) in [6, 6.07) is 0. The number of hydrogen-bond acceptors (Lipinski definition) is 4. The fourth-order valence-corrected chi connectivity index (χ4v) is 5.40. The van der Waals surface area contributed by atoms with Crippen LogP contribution in [0.15, 0.2) is 0 Å². The Hall–Kier alpha value is -0.160. The highest BCUT2D eigenvalue weighted by atomic mass is 15.3. The highest BCUT2D eigenvalue weighted by Gasteiger charge is 2.47. The molecule has 0 unspecified atom stereocenters. The van der Waals surface area contributed by atoms with Crippen LogP contribution in [0.25, 0.3) is 0 Å². The van der Waals surface area contributed by atoms with Gasteiger partial charge >= 0.3 is 0 Å². The van der Waals surface area contributed by atoms with Crippen molar-refractivity contribution >= 4 is 0 Å². The lowest BCUT2D eigenvalue weighted by Crippen LogP contribution is -2.71.